The molecule has 6 nitrogen and oxygen atoms in total. The van der Waals surface area contributed by atoms with Crippen LogP contribution in [0.1, 0.15) is 34.5 Å². The zero-order chi connectivity index (χ0) is 22.6. The van der Waals surface area contributed by atoms with E-state index in [4.69, 9.17) is 11.6 Å². The zero-order valence-electron chi connectivity index (χ0n) is 17.4. The van der Waals surface area contributed by atoms with Crippen molar-refractivity contribution in [3.63, 3.8) is 0 Å². The summed E-state index contributed by atoms with van der Waals surface area (Å²) in [6, 6.07) is 17.3. The number of piperidine rings is 1. The van der Waals surface area contributed by atoms with Crippen molar-refractivity contribution < 1.29 is 13.2 Å². The number of nitrogens with zero attached hydrogens (tertiary/aromatic N) is 1. The van der Waals surface area contributed by atoms with Gasteiger partial charge in [0.15, 0.2) is 0 Å². The summed E-state index contributed by atoms with van der Waals surface area (Å²) in [4.78, 5) is 15.3. The molecule has 0 atom stereocenters. The van der Waals surface area contributed by atoms with Gasteiger partial charge in [-0.25, -0.2) is 8.42 Å². The molecule has 1 aliphatic rings. The summed E-state index contributed by atoms with van der Waals surface area (Å²) in [5.41, 5.74) is 2.13. The van der Waals surface area contributed by atoms with Crippen LogP contribution in [0.25, 0.3) is 0 Å². The van der Waals surface area contributed by atoms with Gasteiger partial charge < -0.3 is 10.2 Å². The monoisotopic (exact) mass is 489 g/mol. The van der Waals surface area contributed by atoms with Crippen LogP contribution in [0.4, 0.5) is 11.4 Å². The number of hydrogen-bond acceptors (Lipinski definition) is 5. The van der Waals surface area contributed by atoms with Crippen LogP contribution in [0.3, 0.4) is 0 Å². The Balaban J connectivity index is 1.36. The molecule has 1 fully saturated rings. The van der Waals surface area contributed by atoms with Crippen LogP contribution in [0.5, 0.6) is 0 Å². The van der Waals surface area contributed by atoms with Gasteiger partial charge in [0.05, 0.1) is 6.54 Å². The lowest BCUT2D eigenvalue weighted by atomic mass is 10.1. The number of thiophene rings is 1. The van der Waals surface area contributed by atoms with E-state index in [1.54, 1.807) is 48.5 Å². The number of sulfonamides is 1. The zero-order valence-corrected chi connectivity index (χ0v) is 19.8. The molecule has 2 aromatic carbocycles. The Morgan fingerprint density at radius 2 is 1.62 bits per heavy atom. The van der Waals surface area contributed by atoms with Gasteiger partial charge in [-0.05, 0) is 79.9 Å². The SMILES string of the molecule is O=C(NCc1ccc(S(=O)(=O)Nc2ccc(N3CCCCC3)cc2)s1)c1ccc(Cl)cc1. The highest BCUT2D eigenvalue weighted by Gasteiger charge is 2.18. The fraction of sp³-hybridized carbons (Fsp3) is 0.261. The molecule has 0 unspecified atom stereocenters. The standard InChI is InChI=1S/C23H24ClN3O3S2/c24-18-6-4-17(5-7-18)23(28)25-16-21-12-13-22(31-21)32(29,30)26-19-8-10-20(11-9-19)27-14-2-1-3-15-27/h4-13,26H,1-3,14-16H2,(H,25,28). The van der Waals surface area contributed by atoms with E-state index in [9.17, 15) is 13.2 Å². The molecule has 0 saturated carbocycles. The quantitative estimate of drug-likeness (QED) is 0.482. The number of amides is 1. The van der Waals surface area contributed by atoms with Crippen LogP contribution >= 0.6 is 22.9 Å². The van der Waals surface area contributed by atoms with Crippen molar-refractivity contribution in [3.05, 3.63) is 76.1 Å². The van der Waals surface area contributed by atoms with Crippen LogP contribution in [0.15, 0.2) is 64.9 Å². The molecule has 1 aromatic heterocycles. The van der Waals surface area contributed by atoms with Crippen molar-refractivity contribution in [2.75, 3.05) is 22.7 Å². The molecule has 1 aliphatic heterocycles. The largest absolute Gasteiger partial charge is 0.372 e. The fourth-order valence-electron chi connectivity index (χ4n) is 3.57. The lowest BCUT2D eigenvalue weighted by Crippen LogP contribution is -2.29. The molecule has 2 heterocycles. The Kier molecular flexibility index (Phi) is 7.03. The minimum atomic E-state index is -3.70. The lowest BCUT2D eigenvalue weighted by molar-refractivity contribution is 0.0951. The molecule has 0 aliphatic carbocycles. The Morgan fingerprint density at radius 1 is 0.938 bits per heavy atom. The molecule has 0 spiro atoms. The van der Waals surface area contributed by atoms with E-state index in [0.717, 1.165) is 35.0 Å². The second-order valence-electron chi connectivity index (χ2n) is 7.61. The Labute approximate surface area is 197 Å². The Bertz CT molecular complexity index is 1170. The first kappa shape index (κ1) is 22.6. The molecule has 1 amide bonds. The van der Waals surface area contributed by atoms with E-state index in [-0.39, 0.29) is 16.7 Å². The third-order valence-electron chi connectivity index (χ3n) is 5.27. The molecule has 3 aromatic rings. The first-order valence-electron chi connectivity index (χ1n) is 10.4. The third kappa shape index (κ3) is 5.62. The minimum absolute atomic E-state index is 0.202. The molecule has 168 valence electrons. The van der Waals surface area contributed by atoms with Gasteiger partial charge in [-0.1, -0.05) is 11.6 Å². The molecular formula is C23H24ClN3O3S2. The van der Waals surface area contributed by atoms with Gasteiger partial charge in [0.2, 0.25) is 0 Å². The van der Waals surface area contributed by atoms with Gasteiger partial charge in [0.1, 0.15) is 4.21 Å². The second-order valence-corrected chi connectivity index (χ2v) is 11.1. The van der Waals surface area contributed by atoms with Crippen molar-refractivity contribution in [1.29, 1.82) is 0 Å². The van der Waals surface area contributed by atoms with Crippen molar-refractivity contribution in [2.45, 2.75) is 30.0 Å². The first-order valence-corrected chi connectivity index (χ1v) is 13.1. The minimum Gasteiger partial charge on any atom is -0.372 e. The molecule has 9 heteroatoms. The summed E-state index contributed by atoms with van der Waals surface area (Å²) in [5, 5.41) is 3.35. The topological polar surface area (TPSA) is 78.5 Å². The number of carbonyl (C=O) groups excluding carboxylic acids is 1. The van der Waals surface area contributed by atoms with Crippen molar-refractivity contribution in [2.24, 2.45) is 0 Å². The molecule has 2 N–H and O–H groups in total. The van der Waals surface area contributed by atoms with Gasteiger partial charge in [0.25, 0.3) is 15.9 Å². The molecule has 4 rings (SSSR count). The number of benzene rings is 2. The highest BCUT2D eigenvalue weighted by atomic mass is 35.5. The van der Waals surface area contributed by atoms with Crippen LogP contribution in [0.2, 0.25) is 5.02 Å². The van der Waals surface area contributed by atoms with Crippen LogP contribution in [-0.4, -0.2) is 27.4 Å². The Hall–Kier alpha value is -2.55. The number of halogens is 1. The van der Waals surface area contributed by atoms with Crippen molar-refractivity contribution in [1.82, 2.24) is 5.32 Å². The summed E-state index contributed by atoms with van der Waals surface area (Å²) in [5.74, 6) is -0.244. The average Bonchev–Trinajstić information content (AvgIpc) is 3.29. The van der Waals surface area contributed by atoms with Crippen LogP contribution in [0, 0.1) is 0 Å². The van der Waals surface area contributed by atoms with E-state index < -0.39 is 10.0 Å². The molecule has 1 saturated heterocycles. The maximum atomic E-state index is 12.8. The maximum absolute atomic E-state index is 12.8. The number of carbonyl (C=O) groups is 1. The third-order valence-corrected chi connectivity index (χ3v) is 8.48. The van der Waals surface area contributed by atoms with E-state index in [1.807, 2.05) is 12.1 Å². The van der Waals surface area contributed by atoms with Gasteiger partial charge in [-0.2, -0.15) is 0 Å². The van der Waals surface area contributed by atoms with Gasteiger partial charge in [-0.3, -0.25) is 9.52 Å². The van der Waals surface area contributed by atoms with E-state index >= 15 is 0 Å². The average molecular weight is 490 g/mol. The van der Waals surface area contributed by atoms with Crippen LogP contribution < -0.4 is 14.9 Å². The van der Waals surface area contributed by atoms with Crippen molar-refractivity contribution >= 4 is 50.2 Å². The van der Waals surface area contributed by atoms with Crippen molar-refractivity contribution in [3.8, 4) is 0 Å². The highest BCUT2D eigenvalue weighted by Crippen LogP contribution is 2.26. The normalized spacial score (nSPS) is 14.2. The molecular weight excluding hydrogens is 466 g/mol. The predicted molar refractivity (Wildman–Crippen MR) is 130 cm³/mol. The first-order chi connectivity index (χ1) is 15.4. The highest BCUT2D eigenvalue weighted by molar-refractivity contribution is 7.94. The van der Waals surface area contributed by atoms with Gasteiger partial charge in [0, 0.05) is 39.9 Å². The molecule has 32 heavy (non-hydrogen) atoms. The van der Waals surface area contributed by atoms with E-state index in [0.29, 0.717) is 16.3 Å². The smallest absolute Gasteiger partial charge is 0.271 e. The summed E-state index contributed by atoms with van der Waals surface area (Å²) in [6.07, 6.45) is 3.65. The second kappa shape index (κ2) is 9.94. The fourth-order valence-corrected chi connectivity index (χ4v) is 6.05. The maximum Gasteiger partial charge on any atom is 0.271 e. The predicted octanol–water partition coefficient (Wildman–Crippen LogP) is 5.12. The summed E-state index contributed by atoms with van der Waals surface area (Å²) in [7, 11) is -3.70. The summed E-state index contributed by atoms with van der Waals surface area (Å²) < 4.78 is 28.4. The van der Waals surface area contributed by atoms with Gasteiger partial charge in [-0.15, -0.1) is 11.3 Å². The summed E-state index contributed by atoms with van der Waals surface area (Å²) >= 11 is 6.97. The Morgan fingerprint density at radius 3 is 2.31 bits per heavy atom. The number of hydrogen-bond donors (Lipinski definition) is 2. The van der Waals surface area contributed by atoms with Crippen LogP contribution in [-0.2, 0) is 16.6 Å². The lowest BCUT2D eigenvalue weighted by Gasteiger charge is -2.28. The van der Waals surface area contributed by atoms with Gasteiger partial charge >= 0.3 is 0 Å². The number of nitrogens with one attached hydrogen (secondary N) is 2. The number of anilines is 2. The molecule has 0 bridgehead atoms. The number of rotatable bonds is 7. The van der Waals surface area contributed by atoms with E-state index in [1.165, 1.54) is 19.3 Å². The molecule has 0 radical (unpaired) electrons. The van der Waals surface area contributed by atoms with E-state index in [2.05, 4.69) is 14.9 Å². The summed E-state index contributed by atoms with van der Waals surface area (Å²) in [6.45, 7) is 2.32.